The number of tetrazole rings is 1. The minimum atomic E-state index is -0.525. The first kappa shape index (κ1) is 24.5. The molecule has 0 bridgehead atoms. The number of nitrogens with one attached hydrogen (secondary N) is 2. The normalized spacial score (nSPS) is 14.2. The number of H-pyrrole nitrogens is 1. The minimum Gasteiger partial charge on any atom is -0.368 e. The van der Waals surface area contributed by atoms with Crippen molar-refractivity contribution in [2.24, 2.45) is 0 Å². The lowest BCUT2D eigenvalue weighted by atomic mass is 9.78. The molecule has 0 amide bonds. The molecule has 0 saturated carbocycles. The first-order chi connectivity index (χ1) is 18.1. The van der Waals surface area contributed by atoms with Crippen molar-refractivity contribution in [2.45, 2.75) is 65.0 Å². The van der Waals surface area contributed by atoms with Crippen LogP contribution in [0, 0.1) is 0 Å². The lowest BCUT2D eigenvalue weighted by Gasteiger charge is -2.31. The van der Waals surface area contributed by atoms with Gasteiger partial charge in [-0.3, -0.25) is 9.13 Å². The number of unbranched alkanes of at least 4 members (excludes halogenated alkanes) is 1. The van der Waals surface area contributed by atoms with Gasteiger partial charge in [0.2, 0.25) is 5.82 Å². The Morgan fingerprint density at radius 1 is 1.08 bits per heavy atom. The highest BCUT2D eigenvalue weighted by Gasteiger charge is 2.32. The van der Waals surface area contributed by atoms with Crippen LogP contribution in [0.4, 0.5) is 0 Å². The van der Waals surface area contributed by atoms with E-state index in [1.54, 1.807) is 0 Å². The van der Waals surface area contributed by atoms with Gasteiger partial charge in [0.15, 0.2) is 0 Å². The van der Waals surface area contributed by atoms with Gasteiger partial charge in [-0.05, 0) is 67.1 Å². The Morgan fingerprint density at radius 2 is 1.92 bits per heavy atom. The van der Waals surface area contributed by atoms with E-state index in [2.05, 4.69) is 94.0 Å². The predicted molar refractivity (Wildman–Crippen MR) is 144 cm³/mol. The van der Waals surface area contributed by atoms with Gasteiger partial charge < -0.3 is 9.88 Å². The third-order valence-corrected chi connectivity index (χ3v) is 7.19. The lowest BCUT2D eigenvalue weighted by molar-refractivity contribution is 0.495. The fourth-order valence-corrected chi connectivity index (χ4v) is 5.13. The molecule has 4 heterocycles. The summed E-state index contributed by atoms with van der Waals surface area (Å²) in [7, 11) is 0. The van der Waals surface area contributed by atoms with E-state index in [0.717, 1.165) is 54.9 Å². The second-order valence-corrected chi connectivity index (χ2v) is 9.46. The molecule has 0 atom stereocenters. The molecule has 2 N–H and O–H groups in total. The Hall–Kier alpha value is -4.14. The summed E-state index contributed by atoms with van der Waals surface area (Å²) in [5, 5.41) is 17.7. The van der Waals surface area contributed by atoms with E-state index in [-0.39, 0.29) is 5.69 Å². The highest BCUT2D eigenvalue weighted by atomic mass is 16.1. The van der Waals surface area contributed by atoms with E-state index in [0.29, 0.717) is 12.4 Å². The summed E-state index contributed by atoms with van der Waals surface area (Å²) in [4.78, 5) is 14.1. The van der Waals surface area contributed by atoms with Crippen LogP contribution in [-0.2, 0) is 31.3 Å². The van der Waals surface area contributed by atoms with Gasteiger partial charge in [-0.2, -0.15) is 5.21 Å². The monoisotopic (exact) mass is 498 g/mol. The van der Waals surface area contributed by atoms with Crippen LogP contribution in [0.25, 0.3) is 17.2 Å². The van der Waals surface area contributed by atoms with E-state index in [9.17, 15) is 4.79 Å². The molecule has 9 heteroatoms. The second kappa shape index (κ2) is 10.5. The van der Waals surface area contributed by atoms with Crippen LogP contribution in [0.2, 0.25) is 0 Å². The number of aromatic amines is 1. The number of allylic oxidation sites excluding steroid dienone is 2. The third kappa shape index (κ3) is 4.57. The fourth-order valence-electron chi connectivity index (χ4n) is 5.13. The standard InChI is InChI=1S/C28H34N8O/c1-4-7-11-24-19-35(26-21(5-2)12-17-34(26)6-3)27(37)36(24)20-28(13-15-29-16-14-28)23-10-8-9-22(18-23)25-30-32-33-31-25/h8-10,12-19,29H,4-7,11,20H2,1-3H3,(H,30,31,32,33). The van der Waals surface area contributed by atoms with Crippen molar-refractivity contribution in [2.75, 3.05) is 0 Å². The highest BCUT2D eigenvalue weighted by Crippen LogP contribution is 2.33. The van der Waals surface area contributed by atoms with Gasteiger partial charge in [0.25, 0.3) is 0 Å². The smallest absolute Gasteiger partial charge is 0.334 e. The van der Waals surface area contributed by atoms with E-state index >= 15 is 0 Å². The zero-order valence-electron chi connectivity index (χ0n) is 21.7. The van der Waals surface area contributed by atoms with Gasteiger partial charge in [-0.15, -0.1) is 10.2 Å². The van der Waals surface area contributed by atoms with Crippen LogP contribution in [0.1, 0.15) is 50.4 Å². The number of hydrogen-bond donors (Lipinski definition) is 2. The fraction of sp³-hybridized carbons (Fsp3) is 0.357. The average molecular weight is 499 g/mol. The largest absolute Gasteiger partial charge is 0.368 e. The summed E-state index contributed by atoms with van der Waals surface area (Å²) >= 11 is 0. The summed E-state index contributed by atoms with van der Waals surface area (Å²) in [6.45, 7) is 7.71. The van der Waals surface area contributed by atoms with Gasteiger partial charge in [0.05, 0.1) is 5.41 Å². The van der Waals surface area contributed by atoms with E-state index in [1.807, 2.05) is 33.7 Å². The summed E-state index contributed by atoms with van der Waals surface area (Å²) in [6.07, 6.45) is 16.1. The molecule has 9 nitrogen and oxygen atoms in total. The number of benzene rings is 1. The average Bonchev–Trinajstić information content (AvgIpc) is 3.68. The number of imidazole rings is 1. The van der Waals surface area contributed by atoms with Gasteiger partial charge >= 0.3 is 5.69 Å². The first-order valence-corrected chi connectivity index (χ1v) is 13.1. The van der Waals surface area contributed by atoms with Crippen molar-refractivity contribution < 1.29 is 0 Å². The molecule has 192 valence electrons. The Morgan fingerprint density at radius 3 is 2.62 bits per heavy atom. The van der Waals surface area contributed by atoms with Gasteiger partial charge in [-0.25, -0.2) is 4.79 Å². The molecular formula is C28H34N8O. The van der Waals surface area contributed by atoms with Gasteiger partial charge in [-0.1, -0.05) is 50.6 Å². The summed E-state index contributed by atoms with van der Waals surface area (Å²) < 4.78 is 5.97. The first-order valence-electron chi connectivity index (χ1n) is 13.1. The second-order valence-electron chi connectivity index (χ2n) is 9.46. The molecule has 0 spiro atoms. The molecular weight excluding hydrogens is 464 g/mol. The van der Waals surface area contributed by atoms with E-state index in [4.69, 9.17) is 0 Å². The molecule has 4 aromatic rings. The summed E-state index contributed by atoms with van der Waals surface area (Å²) in [5.74, 6) is 1.51. The van der Waals surface area contributed by atoms with Crippen LogP contribution in [-0.4, -0.2) is 34.3 Å². The van der Waals surface area contributed by atoms with Crippen LogP contribution < -0.4 is 11.0 Å². The maximum Gasteiger partial charge on any atom is 0.334 e. The maximum absolute atomic E-state index is 14.1. The van der Waals surface area contributed by atoms with Crippen LogP contribution in [0.5, 0.6) is 0 Å². The van der Waals surface area contributed by atoms with Crippen LogP contribution in [0.3, 0.4) is 0 Å². The quantitative estimate of drug-likeness (QED) is 0.343. The molecule has 0 unspecified atom stereocenters. The molecule has 1 aromatic carbocycles. The van der Waals surface area contributed by atoms with Crippen molar-refractivity contribution in [1.82, 2.24) is 39.6 Å². The zero-order valence-corrected chi connectivity index (χ0v) is 21.7. The molecule has 37 heavy (non-hydrogen) atoms. The summed E-state index contributed by atoms with van der Waals surface area (Å²) in [5.41, 5.74) is 3.61. The van der Waals surface area contributed by atoms with Crippen LogP contribution in [0.15, 0.2) is 72.1 Å². The van der Waals surface area contributed by atoms with Crippen molar-refractivity contribution in [3.8, 4) is 17.2 Å². The van der Waals surface area contributed by atoms with Crippen molar-refractivity contribution in [1.29, 1.82) is 0 Å². The molecule has 1 aliphatic heterocycles. The third-order valence-electron chi connectivity index (χ3n) is 7.19. The Labute approximate surface area is 216 Å². The number of rotatable bonds is 10. The molecule has 0 saturated heterocycles. The SMILES string of the molecule is CCCCc1cn(-c2c(CC)ccn2CC)c(=O)n1CC1(c2cccc(-c3nn[nH]n3)c2)C=CNC=C1. The number of aryl methyl sites for hydroxylation is 3. The number of aromatic nitrogens is 7. The topological polar surface area (TPSA) is 98.4 Å². The maximum atomic E-state index is 14.1. The van der Waals surface area contributed by atoms with Crippen molar-refractivity contribution in [3.63, 3.8) is 0 Å². The van der Waals surface area contributed by atoms with E-state index < -0.39 is 5.41 Å². The number of nitrogens with zero attached hydrogens (tertiary/aromatic N) is 6. The Kier molecular flexibility index (Phi) is 6.94. The molecule has 0 radical (unpaired) electrons. The Bertz CT molecular complexity index is 1430. The zero-order chi connectivity index (χ0) is 25.8. The van der Waals surface area contributed by atoms with E-state index in [1.165, 1.54) is 5.56 Å². The molecule has 5 rings (SSSR count). The predicted octanol–water partition coefficient (Wildman–Crippen LogP) is 4.11. The number of hydrogen-bond acceptors (Lipinski definition) is 5. The minimum absolute atomic E-state index is 0.0109. The van der Waals surface area contributed by atoms with Gasteiger partial charge in [0.1, 0.15) is 5.82 Å². The summed E-state index contributed by atoms with van der Waals surface area (Å²) in [6, 6.07) is 10.3. The molecule has 0 aliphatic carbocycles. The lowest BCUT2D eigenvalue weighted by Crippen LogP contribution is -2.36. The Balaban J connectivity index is 1.64. The molecule has 1 aliphatic rings. The van der Waals surface area contributed by atoms with Gasteiger partial charge in [0, 0.05) is 36.7 Å². The number of dihydropyridines is 1. The van der Waals surface area contributed by atoms with Crippen molar-refractivity contribution >= 4 is 0 Å². The molecule has 3 aromatic heterocycles. The van der Waals surface area contributed by atoms with Crippen LogP contribution >= 0.6 is 0 Å². The highest BCUT2D eigenvalue weighted by molar-refractivity contribution is 5.57. The molecule has 0 fully saturated rings. The van der Waals surface area contributed by atoms with Crippen molar-refractivity contribution in [3.05, 3.63) is 94.6 Å².